The minimum Gasteiger partial charge on any atom is -0.390 e. The van der Waals surface area contributed by atoms with Gasteiger partial charge in [-0.05, 0) is 99.2 Å². The summed E-state index contributed by atoms with van der Waals surface area (Å²) in [5.41, 5.74) is -0.215. The number of aliphatic hydroxyl groups is 1. The fourth-order valence-corrected chi connectivity index (χ4v) is 8.81. The number of carbonyl (C=O) groups is 1. The molecule has 0 aliphatic heterocycles. The highest BCUT2D eigenvalue weighted by atomic mass is 19.1. The zero-order valence-corrected chi connectivity index (χ0v) is 19.3. The fourth-order valence-electron chi connectivity index (χ4n) is 8.81. The summed E-state index contributed by atoms with van der Waals surface area (Å²) in [6.07, 6.45) is 11.0. The third kappa shape index (κ3) is 3.52. The molecule has 0 spiro atoms. The molecule has 1 aromatic rings. The quantitative estimate of drug-likeness (QED) is 0.744. The van der Waals surface area contributed by atoms with E-state index in [0.717, 1.165) is 44.9 Å². The molecular formula is C26H36FN3O2. The van der Waals surface area contributed by atoms with Crippen LogP contribution < -0.4 is 0 Å². The van der Waals surface area contributed by atoms with Gasteiger partial charge >= 0.3 is 0 Å². The van der Waals surface area contributed by atoms with E-state index >= 15 is 0 Å². The summed E-state index contributed by atoms with van der Waals surface area (Å²) in [4.78, 5) is 13.4. The second kappa shape index (κ2) is 7.94. The molecule has 4 fully saturated rings. The van der Waals surface area contributed by atoms with Crippen molar-refractivity contribution >= 4 is 5.78 Å². The van der Waals surface area contributed by atoms with Crippen molar-refractivity contribution in [3.63, 3.8) is 0 Å². The van der Waals surface area contributed by atoms with Crippen LogP contribution in [-0.2, 0) is 11.3 Å². The van der Waals surface area contributed by atoms with Gasteiger partial charge in [-0.2, -0.15) is 10.4 Å². The average Bonchev–Trinajstić information content (AvgIpc) is 3.33. The van der Waals surface area contributed by atoms with E-state index in [9.17, 15) is 14.3 Å². The molecule has 1 heterocycles. The Morgan fingerprint density at radius 3 is 2.75 bits per heavy atom. The molecule has 1 aromatic heterocycles. The maximum absolute atomic E-state index is 14.3. The van der Waals surface area contributed by atoms with Crippen LogP contribution in [0.15, 0.2) is 12.4 Å². The lowest BCUT2D eigenvalue weighted by atomic mass is 9.48. The van der Waals surface area contributed by atoms with E-state index in [1.807, 2.05) is 6.92 Å². The Labute approximate surface area is 190 Å². The monoisotopic (exact) mass is 441 g/mol. The van der Waals surface area contributed by atoms with Crippen LogP contribution in [0.25, 0.3) is 0 Å². The van der Waals surface area contributed by atoms with Crippen LogP contribution in [0.2, 0.25) is 0 Å². The normalized spacial score (nSPS) is 45.4. The highest BCUT2D eigenvalue weighted by Crippen LogP contribution is 2.66. The van der Waals surface area contributed by atoms with Gasteiger partial charge in [0, 0.05) is 12.1 Å². The molecule has 0 bridgehead atoms. The molecule has 174 valence electrons. The van der Waals surface area contributed by atoms with Crippen molar-refractivity contribution in [3.05, 3.63) is 18.0 Å². The van der Waals surface area contributed by atoms with Gasteiger partial charge in [-0.25, -0.2) is 0 Å². The smallest absolute Gasteiger partial charge is 0.157 e. The SMILES string of the molecule is C[C@@]1(O)CC[C@H]2[C@H](CC[C@@H]3[C@@H]2CC[C@@]2(C)[C@H]3[C@H](CF)C[C@@H]2C(=O)Cn2cc(C#N)cn2)C1. The summed E-state index contributed by atoms with van der Waals surface area (Å²) >= 11 is 0. The van der Waals surface area contributed by atoms with Gasteiger partial charge in [-0.15, -0.1) is 0 Å². The van der Waals surface area contributed by atoms with Gasteiger partial charge in [0.25, 0.3) is 0 Å². The first kappa shape index (κ1) is 22.1. The molecule has 0 saturated heterocycles. The number of rotatable bonds is 4. The van der Waals surface area contributed by atoms with Crippen molar-refractivity contribution in [1.29, 1.82) is 5.26 Å². The average molecular weight is 442 g/mol. The minimum absolute atomic E-state index is 0.0303. The Bertz CT molecular complexity index is 920. The molecule has 5 nitrogen and oxygen atoms in total. The summed E-state index contributed by atoms with van der Waals surface area (Å²) in [5, 5.41) is 23.8. The van der Waals surface area contributed by atoms with Gasteiger partial charge in [-0.3, -0.25) is 13.9 Å². The van der Waals surface area contributed by atoms with Crippen LogP contribution in [0.5, 0.6) is 0 Å². The van der Waals surface area contributed by atoms with Crippen LogP contribution >= 0.6 is 0 Å². The molecule has 4 saturated carbocycles. The van der Waals surface area contributed by atoms with E-state index in [-0.39, 0.29) is 42.2 Å². The lowest BCUT2D eigenvalue weighted by Gasteiger charge is -2.57. The lowest BCUT2D eigenvalue weighted by molar-refractivity contribution is -0.134. The van der Waals surface area contributed by atoms with Crippen molar-refractivity contribution in [3.8, 4) is 6.07 Å². The number of halogens is 1. The Balaban J connectivity index is 1.37. The third-order valence-corrected chi connectivity index (χ3v) is 10.0. The van der Waals surface area contributed by atoms with Crippen LogP contribution in [0.1, 0.15) is 70.8 Å². The number of ketones is 1. The molecule has 9 atom stereocenters. The molecular weight excluding hydrogens is 405 g/mol. The van der Waals surface area contributed by atoms with E-state index in [0.29, 0.717) is 35.7 Å². The fraction of sp³-hybridized carbons (Fsp3) is 0.808. The largest absolute Gasteiger partial charge is 0.390 e. The minimum atomic E-state index is -0.526. The molecule has 6 heteroatoms. The number of aromatic nitrogens is 2. The third-order valence-electron chi connectivity index (χ3n) is 10.0. The van der Waals surface area contributed by atoms with Crippen LogP contribution in [0.3, 0.4) is 0 Å². The van der Waals surface area contributed by atoms with Crippen molar-refractivity contribution in [2.75, 3.05) is 6.67 Å². The molecule has 32 heavy (non-hydrogen) atoms. The molecule has 4 aliphatic carbocycles. The van der Waals surface area contributed by atoms with Gasteiger partial charge in [0.1, 0.15) is 6.07 Å². The van der Waals surface area contributed by atoms with Gasteiger partial charge in [0.15, 0.2) is 5.78 Å². The summed E-state index contributed by atoms with van der Waals surface area (Å²) < 4.78 is 15.9. The summed E-state index contributed by atoms with van der Waals surface area (Å²) in [6.45, 7) is 4.07. The molecule has 0 radical (unpaired) electrons. The van der Waals surface area contributed by atoms with Gasteiger partial charge in [0.2, 0.25) is 0 Å². The first-order valence-electron chi connectivity index (χ1n) is 12.5. The van der Waals surface area contributed by atoms with Gasteiger partial charge in [-0.1, -0.05) is 6.92 Å². The molecule has 0 amide bonds. The Morgan fingerprint density at radius 1 is 1.25 bits per heavy atom. The predicted octanol–water partition coefficient (Wildman–Crippen LogP) is 4.54. The first-order chi connectivity index (χ1) is 15.3. The maximum atomic E-state index is 14.3. The molecule has 5 rings (SSSR count). The maximum Gasteiger partial charge on any atom is 0.157 e. The molecule has 1 N–H and O–H groups in total. The lowest BCUT2D eigenvalue weighted by Crippen LogP contribution is -2.52. The number of nitrogens with zero attached hydrogens (tertiary/aromatic N) is 3. The van der Waals surface area contributed by atoms with E-state index in [1.54, 1.807) is 10.9 Å². The van der Waals surface area contributed by atoms with Crippen molar-refractivity contribution in [2.24, 2.45) is 46.8 Å². The van der Waals surface area contributed by atoms with Crippen molar-refractivity contribution < 1.29 is 14.3 Å². The highest BCUT2D eigenvalue weighted by Gasteiger charge is 2.61. The summed E-state index contributed by atoms with van der Waals surface area (Å²) in [7, 11) is 0. The Hall–Kier alpha value is -1.74. The topological polar surface area (TPSA) is 78.9 Å². The standard InChI is InChI=1S/C26H36FN3O2/c1-25(32)7-5-19-17(10-25)3-4-21-20(19)6-8-26(2)22(9-18(11-27)24(21)26)23(31)15-30-14-16(12-28)13-29-30/h13-14,17-22,24,32H,3-11,15H2,1-2H3/t17-,18+,19+,20-,21-,22-,24+,25-,26-/m1/s1. The first-order valence-corrected chi connectivity index (χ1v) is 12.5. The summed E-state index contributed by atoms with van der Waals surface area (Å²) in [6, 6.07) is 2.06. The molecule has 0 aromatic carbocycles. The second-order valence-corrected chi connectivity index (χ2v) is 11.8. The zero-order chi connectivity index (χ0) is 22.7. The van der Waals surface area contributed by atoms with Crippen LogP contribution in [-0.4, -0.2) is 32.9 Å². The number of alkyl halides is 1. The van der Waals surface area contributed by atoms with Crippen LogP contribution in [0.4, 0.5) is 4.39 Å². The number of Topliss-reactive ketones (excluding diaryl/α,β-unsaturated/α-hetero) is 1. The molecule has 0 unspecified atom stereocenters. The van der Waals surface area contributed by atoms with Gasteiger partial charge < -0.3 is 5.11 Å². The Morgan fingerprint density at radius 2 is 2.03 bits per heavy atom. The molecule has 4 aliphatic rings. The number of fused-ring (bicyclic) bond motifs is 5. The second-order valence-electron chi connectivity index (χ2n) is 11.8. The highest BCUT2D eigenvalue weighted by molar-refractivity contribution is 5.82. The van der Waals surface area contributed by atoms with Crippen LogP contribution in [0, 0.1) is 58.2 Å². The van der Waals surface area contributed by atoms with E-state index in [1.165, 1.54) is 6.20 Å². The zero-order valence-electron chi connectivity index (χ0n) is 19.3. The number of hydrogen-bond acceptors (Lipinski definition) is 4. The Kier molecular flexibility index (Phi) is 5.47. The number of hydrogen-bond donors (Lipinski definition) is 1. The van der Waals surface area contributed by atoms with E-state index < -0.39 is 5.60 Å². The van der Waals surface area contributed by atoms with Crippen molar-refractivity contribution in [1.82, 2.24) is 9.78 Å². The van der Waals surface area contributed by atoms with Gasteiger partial charge in [0.05, 0.1) is 30.6 Å². The number of carbonyl (C=O) groups excluding carboxylic acids is 1. The van der Waals surface area contributed by atoms with E-state index in [2.05, 4.69) is 18.1 Å². The van der Waals surface area contributed by atoms with E-state index in [4.69, 9.17) is 5.26 Å². The summed E-state index contributed by atoms with van der Waals surface area (Å²) in [5.74, 6) is 2.63. The predicted molar refractivity (Wildman–Crippen MR) is 118 cm³/mol. The number of nitriles is 1. The van der Waals surface area contributed by atoms with Crippen molar-refractivity contribution in [2.45, 2.75) is 77.4 Å².